The van der Waals surface area contributed by atoms with Gasteiger partial charge in [0.15, 0.2) is 11.5 Å². The molecule has 2 heterocycles. The predicted octanol–water partition coefficient (Wildman–Crippen LogP) is 3.83. The van der Waals surface area contributed by atoms with Crippen LogP contribution >= 0.6 is 0 Å². The van der Waals surface area contributed by atoms with E-state index >= 15 is 0 Å². The molecule has 0 bridgehead atoms. The summed E-state index contributed by atoms with van der Waals surface area (Å²) >= 11 is 0. The third-order valence-corrected chi connectivity index (χ3v) is 5.59. The molecule has 0 aliphatic carbocycles. The molecule has 8 heteroatoms. The molecule has 1 aliphatic heterocycles. The number of ether oxygens (including phenoxy) is 2. The smallest absolute Gasteiger partial charge is 0.337 e. The van der Waals surface area contributed by atoms with Gasteiger partial charge in [-0.15, -0.1) is 0 Å². The molecule has 1 aliphatic rings. The molecule has 1 amide bonds. The van der Waals surface area contributed by atoms with Crippen LogP contribution in [0, 0.1) is 0 Å². The molecule has 0 radical (unpaired) electrons. The monoisotopic (exact) mass is 449 g/mol. The van der Waals surface area contributed by atoms with E-state index in [1.165, 1.54) is 12.0 Å². The average molecular weight is 449 g/mol. The van der Waals surface area contributed by atoms with Gasteiger partial charge >= 0.3 is 5.97 Å². The number of carbonyl (C=O) groups excluding carboxylic acids is 3. The van der Waals surface area contributed by atoms with Crippen molar-refractivity contribution in [2.24, 2.45) is 0 Å². The number of nitrogens with zero attached hydrogens (tertiary/aromatic N) is 1. The van der Waals surface area contributed by atoms with Crippen LogP contribution in [0.5, 0.6) is 0 Å². The molecule has 1 N–H and O–H groups in total. The molecule has 1 aromatic heterocycles. The van der Waals surface area contributed by atoms with Crippen LogP contribution in [-0.4, -0.2) is 55.0 Å². The van der Waals surface area contributed by atoms with E-state index in [1.54, 1.807) is 49.6 Å². The SMILES string of the molecule is COCCCN1C(=O)C(O)=C(C(=O)c2cc3ccccc3o2)C1c1ccc(C(=O)OC)cc1. The molecule has 4 rings (SSSR count). The Morgan fingerprint density at radius 2 is 1.82 bits per heavy atom. The minimum atomic E-state index is -0.846. The molecule has 33 heavy (non-hydrogen) atoms. The highest BCUT2D eigenvalue weighted by molar-refractivity contribution is 6.16. The van der Waals surface area contributed by atoms with Crippen molar-refractivity contribution in [1.82, 2.24) is 4.90 Å². The topological polar surface area (TPSA) is 106 Å². The normalized spacial score (nSPS) is 16.0. The summed E-state index contributed by atoms with van der Waals surface area (Å²) in [7, 11) is 2.84. The Labute approximate surface area is 190 Å². The lowest BCUT2D eigenvalue weighted by atomic mass is 9.94. The van der Waals surface area contributed by atoms with Crippen LogP contribution in [0.4, 0.5) is 0 Å². The van der Waals surface area contributed by atoms with Crippen LogP contribution < -0.4 is 0 Å². The van der Waals surface area contributed by atoms with Crippen molar-refractivity contribution in [2.45, 2.75) is 12.5 Å². The lowest BCUT2D eigenvalue weighted by Crippen LogP contribution is -2.32. The molecule has 3 aromatic rings. The van der Waals surface area contributed by atoms with E-state index in [1.807, 2.05) is 12.1 Å². The maximum atomic E-state index is 13.5. The lowest BCUT2D eigenvalue weighted by Gasteiger charge is -2.26. The Balaban J connectivity index is 1.75. The van der Waals surface area contributed by atoms with Crippen LogP contribution in [0.15, 0.2) is 70.3 Å². The van der Waals surface area contributed by atoms with E-state index < -0.39 is 29.5 Å². The van der Waals surface area contributed by atoms with Crippen LogP contribution in [0.1, 0.15) is 38.9 Å². The van der Waals surface area contributed by atoms with E-state index in [0.717, 1.165) is 5.39 Å². The van der Waals surface area contributed by atoms with Crippen LogP contribution in [0.2, 0.25) is 0 Å². The van der Waals surface area contributed by atoms with E-state index in [9.17, 15) is 19.5 Å². The Morgan fingerprint density at radius 1 is 1.09 bits per heavy atom. The zero-order valence-corrected chi connectivity index (χ0v) is 18.2. The van der Waals surface area contributed by atoms with Gasteiger partial charge in [-0.05, 0) is 36.2 Å². The maximum absolute atomic E-state index is 13.5. The Bertz CT molecular complexity index is 1210. The first kappa shape index (κ1) is 22.3. The number of benzene rings is 2. The van der Waals surface area contributed by atoms with Gasteiger partial charge in [0.1, 0.15) is 5.58 Å². The minimum Gasteiger partial charge on any atom is -0.503 e. The van der Waals surface area contributed by atoms with Crippen LogP contribution in [0.25, 0.3) is 11.0 Å². The number of rotatable bonds is 8. The number of para-hydroxylation sites is 1. The first-order valence-corrected chi connectivity index (χ1v) is 10.4. The molecular weight excluding hydrogens is 426 g/mol. The number of hydrogen-bond acceptors (Lipinski definition) is 7. The van der Waals surface area contributed by atoms with Gasteiger partial charge in [0, 0.05) is 25.6 Å². The first-order valence-electron chi connectivity index (χ1n) is 10.4. The number of carbonyl (C=O) groups is 3. The molecule has 0 saturated carbocycles. The van der Waals surface area contributed by atoms with Gasteiger partial charge in [-0.1, -0.05) is 30.3 Å². The summed E-state index contributed by atoms with van der Waals surface area (Å²) in [6.45, 7) is 0.669. The van der Waals surface area contributed by atoms with E-state index in [-0.39, 0.29) is 17.9 Å². The van der Waals surface area contributed by atoms with Crippen molar-refractivity contribution in [3.05, 3.63) is 82.8 Å². The highest BCUT2D eigenvalue weighted by atomic mass is 16.5. The van der Waals surface area contributed by atoms with Gasteiger partial charge in [-0.25, -0.2) is 4.79 Å². The summed E-state index contributed by atoms with van der Waals surface area (Å²) in [5.41, 5.74) is 1.36. The Kier molecular flexibility index (Phi) is 6.28. The molecule has 1 atom stereocenters. The number of fused-ring (bicyclic) bond motifs is 1. The zero-order chi connectivity index (χ0) is 23.5. The average Bonchev–Trinajstić information content (AvgIpc) is 3.38. The fourth-order valence-electron chi connectivity index (χ4n) is 3.99. The number of amides is 1. The molecular formula is C25H23NO7. The largest absolute Gasteiger partial charge is 0.503 e. The fraction of sp³-hybridized carbons (Fsp3) is 0.240. The molecule has 170 valence electrons. The summed E-state index contributed by atoms with van der Waals surface area (Å²) in [6, 6.07) is 14.3. The number of Topliss-reactive ketones (excluding diaryl/α,β-unsaturated/α-hetero) is 1. The Morgan fingerprint density at radius 3 is 2.48 bits per heavy atom. The van der Waals surface area contributed by atoms with Crippen molar-refractivity contribution in [3.63, 3.8) is 0 Å². The summed E-state index contributed by atoms with van der Waals surface area (Å²) < 4.78 is 15.5. The number of esters is 1. The second-order valence-corrected chi connectivity index (χ2v) is 7.60. The van der Waals surface area contributed by atoms with Crippen LogP contribution in [0.3, 0.4) is 0 Å². The van der Waals surface area contributed by atoms with E-state index in [4.69, 9.17) is 13.9 Å². The number of aliphatic hydroxyl groups is 1. The van der Waals surface area contributed by atoms with E-state index in [2.05, 4.69) is 0 Å². The minimum absolute atomic E-state index is 0.0282. The van der Waals surface area contributed by atoms with E-state index in [0.29, 0.717) is 29.7 Å². The van der Waals surface area contributed by atoms with Gasteiger partial charge in [-0.2, -0.15) is 0 Å². The number of furan rings is 1. The van der Waals surface area contributed by atoms with Gasteiger partial charge in [0.25, 0.3) is 5.91 Å². The molecule has 8 nitrogen and oxygen atoms in total. The van der Waals surface area contributed by atoms with Gasteiger partial charge < -0.3 is 23.9 Å². The number of ketones is 1. The first-order chi connectivity index (χ1) is 16.0. The van der Waals surface area contributed by atoms with Crippen LogP contribution in [-0.2, 0) is 14.3 Å². The summed E-state index contributed by atoms with van der Waals surface area (Å²) in [5.74, 6) is -2.31. The highest BCUT2D eigenvalue weighted by Gasteiger charge is 2.44. The molecule has 1 unspecified atom stereocenters. The predicted molar refractivity (Wildman–Crippen MR) is 119 cm³/mol. The molecule has 0 saturated heterocycles. The van der Waals surface area contributed by atoms with Gasteiger partial charge in [0.2, 0.25) is 5.78 Å². The standard InChI is InChI=1S/C25H23NO7/c1-31-13-5-12-26-21(15-8-10-16(11-9-15)25(30)32-2)20(23(28)24(26)29)22(27)19-14-17-6-3-4-7-18(17)33-19/h3-4,6-11,14,21,28H,5,12-13H2,1-2H3. The van der Waals surface area contributed by atoms with Crippen molar-refractivity contribution in [1.29, 1.82) is 0 Å². The third kappa shape index (κ3) is 4.12. The summed E-state index contributed by atoms with van der Waals surface area (Å²) in [4.78, 5) is 39.7. The number of hydrogen-bond donors (Lipinski definition) is 1. The quantitative estimate of drug-likeness (QED) is 0.316. The zero-order valence-electron chi connectivity index (χ0n) is 18.2. The second-order valence-electron chi connectivity index (χ2n) is 7.60. The van der Waals surface area contributed by atoms with Crippen molar-refractivity contribution in [2.75, 3.05) is 27.4 Å². The Hall–Kier alpha value is -3.91. The molecule has 2 aromatic carbocycles. The van der Waals surface area contributed by atoms with Gasteiger partial charge in [0.05, 0.1) is 24.3 Å². The fourth-order valence-corrected chi connectivity index (χ4v) is 3.99. The van der Waals surface area contributed by atoms with Crippen molar-refractivity contribution in [3.8, 4) is 0 Å². The number of methoxy groups -OCH3 is 2. The highest BCUT2D eigenvalue weighted by Crippen LogP contribution is 2.39. The van der Waals surface area contributed by atoms with Crippen molar-refractivity contribution >= 4 is 28.6 Å². The van der Waals surface area contributed by atoms with Crippen molar-refractivity contribution < 1.29 is 33.4 Å². The number of aliphatic hydroxyl groups excluding tert-OH is 1. The molecule has 0 spiro atoms. The third-order valence-electron chi connectivity index (χ3n) is 5.59. The summed E-state index contributed by atoms with van der Waals surface area (Å²) in [5, 5.41) is 11.5. The molecule has 0 fully saturated rings. The maximum Gasteiger partial charge on any atom is 0.337 e. The van der Waals surface area contributed by atoms with Gasteiger partial charge in [-0.3, -0.25) is 9.59 Å². The second kappa shape index (κ2) is 9.30. The lowest BCUT2D eigenvalue weighted by molar-refractivity contribution is -0.129. The summed E-state index contributed by atoms with van der Waals surface area (Å²) in [6.07, 6.45) is 0.512.